The first-order valence-electron chi connectivity index (χ1n) is 9.92. The van der Waals surface area contributed by atoms with Crippen molar-refractivity contribution in [3.05, 3.63) is 35.4 Å². The Hall–Kier alpha value is -2.71. The van der Waals surface area contributed by atoms with Crippen LogP contribution in [0.1, 0.15) is 45.0 Å². The van der Waals surface area contributed by atoms with Crippen molar-refractivity contribution >= 4 is 17.9 Å². The monoisotopic (exact) mass is 425 g/mol. The van der Waals surface area contributed by atoms with E-state index in [-0.39, 0.29) is 24.9 Å². The van der Waals surface area contributed by atoms with Crippen molar-refractivity contribution in [1.29, 1.82) is 0 Å². The highest BCUT2D eigenvalue weighted by molar-refractivity contribution is 5.98. The highest BCUT2D eigenvalue weighted by atomic mass is 19.1. The number of benzene rings is 1. The first-order valence-corrected chi connectivity index (χ1v) is 9.92. The van der Waals surface area contributed by atoms with Gasteiger partial charge < -0.3 is 19.9 Å². The highest BCUT2D eigenvalue weighted by Crippen LogP contribution is 2.16. The average Bonchev–Trinajstić information content (AvgIpc) is 2.64. The van der Waals surface area contributed by atoms with Crippen molar-refractivity contribution in [3.8, 4) is 0 Å². The quantitative estimate of drug-likeness (QED) is 0.805. The molecule has 1 aliphatic rings. The summed E-state index contributed by atoms with van der Waals surface area (Å²) < 4.78 is 33.1. The maximum absolute atomic E-state index is 13.9. The molecule has 3 amide bonds. The molecule has 0 saturated carbocycles. The van der Waals surface area contributed by atoms with Gasteiger partial charge >= 0.3 is 6.09 Å². The number of nitrogens with zero attached hydrogens (tertiary/aromatic N) is 2. The van der Waals surface area contributed by atoms with Crippen LogP contribution in [0, 0.1) is 17.6 Å². The summed E-state index contributed by atoms with van der Waals surface area (Å²) in [7, 11) is 0. The highest BCUT2D eigenvalue weighted by Gasteiger charge is 2.33. The summed E-state index contributed by atoms with van der Waals surface area (Å²) >= 11 is 0. The van der Waals surface area contributed by atoms with Gasteiger partial charge in [-0.2, -0.15) is 0 Å². The van der Waals surface area contributed by atoms with E-state index in [1.807, 2.05) is 0 Å². The van der Waals surface area contributed by atoms with E-state index < -0.39 is 40.8 Å². The van der Waals surface area contributed by atoms with Crippen molar-refractivity contribution < 1.29 is 27.9 Å². The van der Waals surface area contributed by atoms with Gasteiger partial charge in [0.15, 0.2) is 0 Å². The number of rotatable bonds is 4. The van der Waals surface area contributed by atoms with Gasteiger partial charge in [-0.25, -0.2) is 13.6 Å². The Labute approximate surface area is 175 Å². The maximum Gasteiger partial charge on any atom is 0.410 e. The molecule has 0 aliphatic carbocycles. The van der Waals surface area contributed by atoms with Gasteiger partial charge in [0.1, 0.15) is 28.8 Å². The molecule has 7 nitrogen and oxygen atoms in total. The predicted octanol–water partition coefficient (Wildman–Crippen LogP) is 2.80. The van der Waals surface area contributed by atoms with Crippen molar-refractivity contribution in [3.63, 3.8) is 0 Å². The van der Waals surface area contributed by atoms with E-state index in [0.29, 0.717) is 13.1 Å². The van der Waals surface area contributed by atoms with Gasteiger partial charge in [0, 0.05) is 26.2 Å². The molecule has 0 spiro atoms. The zero-order valence-corrected chi connectivity index (χ0v) is 18.0. The Morgan fingerprint density at radius 2 is 1.50 bits per heavy atom. The minimum Gasteiger partial charge on any atom is -0.444 e. The number of nitrogens with one attached hydrogen (secondary N) is 1. The second kappa shape index (κ2) is 9.40. The fourth-order valence-corrected chi connectivity index (χ4v) is 3.07. The zero-order chi connectivity index (χ0) is 22.6. The lowest BCUT2D eigenvalue weighted by Gasteiger charge is -2.37. The molecule has 0 radical (unpaired) electrons. The van der Waals surface area contributed by atoms with Gasteiger partial charge in [0.05, 0.1) is 0 Å². The second-order valence-corrected chi connectivity index (χ2v) is 8.58. The van der Waals surface area contributed by atoms with Crippen LogP contribution in [0.3, 0.4) is 0 Å². The number of carbonyl (C=O) groups excluding carboxylic acids is 3. The van der Waals surface area contributed by atoms with Gasteiger partial charge in [0.2, 0.25) is 5.91 Å². The maximum atomic E-state index is 13.9. The van der Waals surface area contributed by atoms with Gasteiger partial charge in [0.25, 0.3) is 5.91 Å². The SMILES string of the molecule is CC(C)C(NC(=O)c1c(F)cccc1F)C(=O)N1CCN(C(=O)OC(C)(C)C)CC1. The molecular weight excluding hydrogens is 396 g/mol. The van der Waals surface area contributed by atoms with E-state index in [9.17, 15) is 23.2 Å². The molecule has 1 aromatic carbocycles. The van der Waals surface area contributed by atoms with E-state index in [1.165, 1.54) is 9.80 Å². The largest absolute Gasteiger partial charge is 0.444 e. The van der Waals surface area contributed by atoms with Crippen LogP contribution in [0.5, 0.6) is 0 Å². The van der Waals surface area contributed by atoms with Crippen LogP contribution in [-0.2, 0) is 9.53 Å². The van der Waals surface area contributed by atoms with E-state index >= 15 is 0 Å². The molecule has 1 aromatic rings. The Kier molecular flexibility index (Phi) is 7.39. The standard InChI is InChI=1S/C21H29F2N3O4/c1-13(2)17(24-18(27)16-14(22)7-6-8-15(16)23)19(28)25-9-11-26(12-10-25)20(29)30-21(3,4)5/h6-8,13,17H,9-12H2,1-5H3,(H,24,27). The van der Waals surface area contributed by atoms with Crippen LogP contribution in [0.15, 0.2) is 18.2 Å². The van der Waals surface area contributed by atoms with Gasteiger partial charge in [-0.05, 0) is 38.8 Å². The average molecular weight is 425 g/mol. The first kappa shape index (κ1) is 23.6. The number of carbonyl (C=O) groups is 3. The number of piperazine rings is 1. The van der Waals surface area contributed by atoms with Crippen molar-refractivity contribution in [2.75, 3.05) is 26.2 Å². The minimum absolute atomic E-state index is 0.269. The first-order chi connectivity index (χ1) is 13.9. The fraction of sp³-hybridized carbons (Fsp3) is 0.571. The Bertz CT molecular complexity index is 780. The Morgan fingerprint density at radius 3 is 1.97 bits per heavy atom. The van der Waals surface area contributed by atoms with Crippen LogP contribution < -0.4 is 5.32 Å². The zero-order valence-electron chi connectivity index (χ0n) is 18.0. The summed E-state index contributed by atoms with van der Waals surface area (Å²) in [5.41, 5.74) is -1.33. The molecule has 2 rings (SSSR count). The number of hydrogen-bond donors (Lipinski definition) is 1. The summed E-state index contributed by atoms with van der Waals surface area (Å²) in [6, 6.07) is 2.18. The van der Waals surface area contributed by atoms with Gasteiger partial charge in [-0.1, -0.05) is 19.9 Å². The molecule has 0 bridgehead atoms. The lowest BCUT2D eigenvalue weighted by molar-refractivity contribution is -0.136. The molecule has 30 heavy (non-hydrogen) atoms. The van der Waals surface area contributed by atoms with Gasteiger partial charge in [-0.3, -0.25) is 9.59 Å². The van der Waals surface area contributed by atoms with E-state index in [1.54, 1.807) is 34.6 Å². The summed E-state index contributed by atoms with van der Waals surface area (Å²) in [5.74, 6) is -3.63. The summed E-state index contributed by atoms with van der Waals surface area (Å²) in [4.78, 5) is 40.6. The number of amides is 3. The van der Waals surface area contributed by atoms with Crippen LogP contribution in [0.4, 0.5) is 13.6 Å². The minimum atomic E-state index is -0.992. The third-order valence-electron chi connectivity index (χ3n) is 4.65. The van der Waals surface area contributed by atoms with Crippen molar-refractivity contribution in [1.82, 2.24) is 15.1 Å². The molecule has 1 heterocycles. The molecule has 1 N–H and O–H groups in total. The molecule has 166 valence electrons. The predicted molar refractivity (Wildman–Crippen MR) is 107 cm³/mol. The van der Waals surface area contributed by atoms with Crippen LogP contribution >= 0.6 is 0 Å². The van der Waals surface area contributed by atoms with E-state index in [0.717, 1.165) is 18.2 Å². The Balaban J connectivity index is 2.03. The molecule has 9 heteroatoms. The topological polar surface area (TPSA) is 79.0 Å². The lowest BCUT2D eigenvalue weighted by Crippen LogP contribution is -2.57. The molecular formula is C21H29F2N3O4. The second-order valence-electron chi connectivity index (χ2n) is 8.58. The molecule has 1 atom stereocenters. The molecule has 0 aromatic heterocycles. The molecule has 1 fully saturated rings. The number of halogens is 2. The van der Waals surface area contributed by atoms with Crippen LogP contribution in [0.25, 0.3) is 0 Å². The molecule has 1 aliphatic heterocycles. The van der Waals surface area contributed by atoms with E-state index in [4.69, 9.17) is 4.74 Å². The summed E-state index contributed by atoms with van der Waals surface area (Å²) in [6.07, 6.45) is -0.446. The fourth-order valence-electron chi connectivity index (χ4n) is 3.07. The summed E-state index contributed by atoms with van der Waals surface area (Å²) in [6.45, 7) is 9.92. The van der Waals surface area contributed by atoms with Crippen LogP contribution in [0.2, 0.25) is 0 Å². The number of hydrogen-bond acceptors (Lipinski definition) is 4. The van der Waals surface area contributed by atoms with Crippen molar-refractivity contribution in [2.45, 2.75) is 46.3 Å². The van der Waals surface area contributed by atoms with Gasteiger partial charge in [-0.15, -0.1) is 0 Å². The third kappa shape index (κ3) is 5.90. The van der Waals surface area contributed by atoms with Crippen LogP contribution in [-0.4, -0.2) is 65.5 Å². The molecule has 1 unspecified atom stereocenters. The van der Waals surface area contributed by atoms with E-state index in [2.05, 4.69) is 5.32 Å². The number of ether oxygens (including phenoxy) is 1. The van der Waals surface area contributed by atoms with Crippen molar-refractivity contribution in [2.24, 2.45) is 5.92 Å². The summed E-state index contributed by atoms with van der Waals surface area (Å²) in [5, 5.41) is 2.46. The molecule has 1 saturated heterocycles. The Morgan fingerprint density at radius 1 is 1.00 bits per heavy atom. The lowest BCUT2D eigenvalue weighted by atomic mass is 10.0. The smallest absolute Gasteiger partial charge is 0.410 e. The third-order valence-corrected chi connectivity index (χ3v) is 4.65. The normalized spacial score (nSPS) is 15.7.